The lowest BCUT2D eigenvalue weighted by molar-refractivity contribution is 0.590. The van der Waals surface area contributed by atoms with Crippen LogP contribution in [0.25, 0.3) is 5.65 Å². The van der Waals surface area contributed by atoms with Crippen LogP contribution in [-0.4, -0.2) is 23.0 Å². The van der Waals surface area contributed by atoms with Crippen molar-refractivity contribution in [2.24, 2.45) is 0 Å². The van der Waals surface area contributed by atoms with Gasteiger partial charge in [-0.2, -0.15) is 0 Å². The normalized spacial score (nSPS) is 11.9. The quantitative estimate of drug-likeness (QED) is 0.434. The highest BCUT2D eigenvalue weighted by molar-refractivity contribution is 7.93. The summed E-state index contributed by atoms with van der Waals surface area (Å²) in [5.74, 6) is 1.00. The summed E-state index contributed by atoms with van der Waals surface area (Å²) in [6.45, 7) is 8.25. The van der Waals surface area contributed by atoms with Crippen molar-refractivity contribution in [3.8, 4) is 0 Å². The van der Waals surface area contributed by atoms with Crippen LogP contribution in [0.5, 0.6) is 0 Å². The van der Waals surface area contributed by atoms with Gasteiger partial charge in [0.25, 0.3) is 10.0 Å². The molecule has 6 nitrogen and oxygen atoms in total. The molecule has 0 aliphatic heterocycles. The Kier molecular flexibility index (Phi) is 5.54. The van der Waals surface area contributed by atoms with Gasteiger partial charge in [-0.15, -0.1) is 10.2 Å². The van der Waals surface area contributed by atoms with Crippen LogP contribution in [-0.2, 0) is 16.6 Å². The molecule has 0 aliphatic rings. The van der Waals surface area contributed by atoms with Crippen LogP contribution in [0, 0.1) is 13.8 Å². The second kappa shape index (κ2) is 8.15. The SMILES string of the molecule is Cc1cccc(CN(c2ccc(C(C)C)cc2)S(=O)(=O)c2cccn3c(C)nnc23)c1. The average molecular weight is 435 g/mol. The van der Waals surface area contributed by atoms with Crippen molar-refractivity contribution < 1.29 is 8.42 Å². The molecule has 0 atom stereocenters. The van der Waals surface area contributed by atoms with Gasteiger partial charge in [-0.3, -0.25) is 8.71 Å². The molecule has 0 aliphatic carbocycles. The molecule has 160 valence electrons. The standard InChI is InChI=1S/C24H26N4O2S/c1-17(2)21-10-12-22(13-11-21)28(16-20-8-5-7-18(3)15-20)31(29,30)23-9-6-14-27-19(4)25-26-24(23)27/h5-15,17H,16H2,1-4H3. The van der Waals surface area contributed by atoms with Crippen molar-refractivity contribution in [2.45, 2.75) is 45.1 Å². The number of hydrogen-bond donors (Lipinski definition) is 0. The number of anilines is 1. The highest BCUT2D eigenvalue weighted by Gasteiger charge is 2.29. The monoisotopic (exact) mass is 434 g/mol. The molecule has 4 aromatic rings. The van der Waals surface area contributed by atoms with Gasteiger partial charge in [0.15, 0.2) is 5.65 Å². The smallest absolute Gasteiger partial charge is 0.268 e. The molecule has 31 heavy (non-hydrogen) atoms. The second-order valence-corrected chi connectivity index (χ2v) is 9.89. The fraction of sp³-hybridized carbons (Fsp3) is 0.250. The zero-order valence-corrected chi connectivity index (χ0v) is 19.0. The third-order valence-electron chi connectivity index (χ3n) is 5.39. The predicted octanol–water partition coefficient (Wildman–Crippen LogP) is 4.87. The summed E-state index contributed by atoms with van der Waals surface area (Å²) in [4.78, 5) is 0.135. The van der Waals surface area contributed by atoms with Gasteiger partial charge in [-0.1, -0.05) is 55.8 Å². The van der Waals surface area contributed by atoms with E-state index < -0.39 is 10.0 Å². The molecule has 0 bridgehead atoms. The number of benzene rings is 2. The predicted molar refractivity (Wildman–Crippen MR) is 123 cm³/mol. The molecular formula is C24H26N4O2S. The van der Waals surface area contributed by atoms with Gasteiger partial charge in [-0.25, -0.2) is 8.42 Å². The summed E-state index contributed by atoms with van der Waals surface area (Å²) in [5, 5.41) is 8.18. The van der Waals surface area contributed by atoms with Gasteiger partial charge in [0.05, 0.1) is 12.2 Å². The van der Waals surface area contributed by atoms with Crippen molar-refractivity contribution in [1.29, 1.82) is 0 Å². The summed E-state index contributed by atoms with van der Waals surface area (Å²) in [7, 11) is -3.90. The van der Waals surface area contributed by atoms with E-state index in [9.17, 15) is 8.42 Å². The minimum Gasteiger partial charge on any atom is -0.286 e. The number of nitrogens with zero attached hydrogens (tertiary/aromatic N) is 4. The molecular weight excluding hydrogens is 408 g/mol. The van der Waals surface area contributed by atoms with Crippen molar-refractivity contribution in [3.63, 3.8) is 0 Å². The maximum atomic E-state index is 13.9. The molecule has 4 rings (SSSR count). The first-order chi connectivity index (χ1) is 14.8. The molecule has 0 spiro atoms. The molecule has 2 heterocycles. The topological polar surface area (TPSA) is 67.6 Å². The van der Waals surface area contributed by atoms with Gasteiger partial charge in [0.1, 0.15) is 10.7 Å². The average Bonchev–Trinajstić information content (AvgIpc) is 3.13. The Labute approximate surface area is 183 Å². The fourth-order valence-electron chi connectivity index (χ4n) is 3.64. The molecule has 0 N–H and O–H groups in total. The van der Waals surface area contributed by atoms with E-state index in [0.29, 0.717) is 23.1 Å². The lowest BCUT2D eigenvalue weighted by atomic mass is 10.0. The molecule has 0 saturated heterocycles. The minimum atomic E-state index is -3.90. The Balaban J connectivity index is 1.86. The molecule has 0 saturated carbocycles. The summed E-state index contributed by atoms with van der Waals surface area (Å²) in [6.07, 6.45) is 1.77. The van der Waals surface area contributed by atoms with Gasteiger partial charge in [0, 0.05) is 6.20 Å². The zero-order valence-electron chi connectivity index (χ0n) is 18.1. The number of rotatable bonds is 6. The Hall–Kier alpha value is -3.19. The number of hydrogen-bond acceptors (Lipinski definition) is 4. The Bertz CT molecular complexity index is 1330. The number of fused-ring (bicyclic) bond motifs is 1. The van der Waals surface area contributed by atoms with E-state index in [-0.39, 0.29) is 11.4 Å². The molecule has 0 fully saturated rings. The lowest BCUT2D eigenvalue weighted by Gasteiger charge is -2.25. The number of pyridine rings is 1. The first-order valence-corrected chi connectivity index (χ1v) is 11.7. The summed E-state index contributed by atoms with van der Waals surface area (Å²) in [5.41, 5.74) is 4.10. The van der Waals surface area contributed by atoms with Crippen molar-refractivity contribution >= 4 is 21.4 Å². The number of aryl methyl sites for hydroxylation is 2. The third-order valence-corrected chi connectivity index (χ3v) is 7.19. The van der Waals surface area contributed by atoms with E-state index >= 15 is 0 Å². The number of sulfonamides is 1. The van der Waals surface area contributed by atoms with Gasteiger partial charge in [-0.05, 0) is 55.2 Å². The van der Waals surface area contributed by atoms with E-state index in [4.69, 9.17) is 0 Å². The van der Waals surface area contributed by atoms with Crippen LogP contribution in [0.15, 0.2) is 71.8 Å². The third kappa shape index (κ3) is 4.05. The Morgan fingerprint density at radius 2 is 1.71 bits per heavy atom. The lowest BCUT2D eigenvalue weighted by Crippen LogP contribution is -2.31. The highest BCUT2D eigenvalue weighted by atomic mass is 32.2. The molecule has 0 unspecified atom stereocenters. The minimum absolute atomic E-state index is 0.135. The van der Waals surface area contributed by atoms with Crippen LogP contribution >= 0.6 is 0 Å². The molecule has 0 amide bonds. The second-order valence-electron chi connectivity index (χ2n) is 8.06. The molecule has 2 aromatic carbocycles. The first kappa shape index (κ1) is 21.1. The Morgan fingerprint density at radius 1 is 0.968 bits per heavy atom. The van der Waals surface area contributed by atoms with E-state index in [1.54, 1.807) is 29.7 Å². The zero-order chi connectivity index (χ0) is 22.2. The van der Waals surface area contributed by atoms with E-state index in [0.717, 1.165) is 16.7 Å². The molecule has 0 radical (unpaired) electrons. The van der Waals surface area contributed by atoms with Crippen LogP contribution in [0.4, 0.5) is 5.69 Å². The summed E-state index contributed by atoms with van der Waals surface area (Å²) in [6, 6.07) is 18.9. The largest absolute Gasteiger partial charge is 0.286 e. The van der Waals surface area contributed by atoms with Gasteiger partial charge >= 0.3 is 0 Å². The van der Waals surface area contributed by atoms with Crippen molar-refractivity contribution in [3.05, 3.63) is 89.4 Å². The Morgan fingerprint density at radius 3 is 2.39 bits per heavy atom. The molecule has 7 heteroatoms. The number of aromatic nitrogens is 3. The van der Waals surface area contributed by atoms with E-state index in [1.807, 2.05) is 55.5 Å². The van der Waals surface area contributed by atoms with E-state index in [2.05, 4.69) is 24.0 Å². The molecule has 2 aromatic heterocycles. The van der Waals surface area contributed by atoms with Crippen molar-refractivity contribution in [1.82, 2.24) is 14.6 Å². The summed E-state index contributed by atoms with van der Waals surface area (Å²) >= 11 is 0. The van der Waals surface area contributed by atoms with Crippen LogP contribution < -0.4 is 4.31 Å². The van der Waals surface area contributed by atoms with Crippen LogP contribution in [0.3, 0.4) is 0 Å². The van der Waals surface area contributed by atoms with Gasteiger partial charge in [0.2, 0.25) is 0 Å². The first-order valence-electron chi connectivity index (χ1n) is 10.3. The maximum Gasteiger partial charge on any atom is 0.268 e. The van der Waals surface area contributed by atoms with Gasteiger partial charge < -0.3 is 0 Å². The maximum absolute atomic E-state index is 13.9. The highest BCUT2D eigenvalue weighted by Crippen LogP contribution is 2.29. The van der Waals surface area contributed by atoms with Crippen molar-refractivity contribution in [2.75, 3.05) is 4.31 Å². The van der Waals surface area contributed by atoms with Crippen LogP contribution in [0.1, 0.15) is 42.3 Å². The summed E-state index contributed by atoms with van der Waals surface area (Å²) < 4.78 is 31.0. The fourth-order valence-corrected chi connectivity index (χ4v) is 5.22. The van der Waals surface area contributed by atoms with E-state index in [1.165, 1.54) is 4.31 Å². The van der Waals surface area contributed by atoms with Crippen LogP contribution in [0.2, 0.25) is 0 Å².